The number of anilines is 1. The van der Waals surface area contributed by atoms with Gasteiger partial charge < -0.3 is 24.0 Å². The molecule has 2 aliphatic rings. The molecule has 3 aromatic rings. The van der Waals surface area contributed by atoms with Crippen molar-refractivity contribution in [3.63, 3.8) is 0 Å². The topological polar surface area (TPSA) is 56.8 Å². The molecule has 0 spiro atoms. The van der Waals surface area contributed by atoms with Gasteiger partial charge in [0, 0.05) is 17.7 Å². The van der Waals surface area contributed by atoms with E-state index >= 15 is 0 Å². The summed E-state index contributed by atoms with van der Waals surface area (Å²) in [6.45, 7) is 1.70. The number of likely N-dealkylation sites (N-methyl/N-ethyl adjacent to an activating group) is 1. The van der Waals surface area contributed by atoms with Gasteiger partial charge in [-0.1, -0.05) is 48.5 Å². The number of ether oxygens (including phenoxy) is 3. The van der Waals surface area contributed by atoms with Gasteiger partial charge >= 0.3 is 0 Å². The van der Waals surface area contributed by atoms with Crippen LogP contribution >= 0.6 is 0 Å². The van der Waals surface area contributed by atoms with E-state index in [0.717, 1.165) is 36.3 Å². The normalized spacial score (nSPS) is 21.0. The molecule has 5 rings (SSSR count). The lowest BCUT2D eigenvalue weighted by Crippen LogP contribution is -2.54. The smallest absolute Gasteiger partial charge is 0.287 e. The first-order chi connectivity index (χ1) is 15.6. The van der Waals surface area contributed by atoms with Gasteiger partial charge in [-0.15, -0.1) is 0 Å². The second-order valence-corrected chi connectivity index (χ2v) is 8.57. The van der Waals surface area contributed by atoms with Gasteiger partial charge in [0.1, 0.15) is 6.54 Å². The van der Waals surface area contributed by atoms with Gasteiger partial charge in [-0.2, -0.15) is 0 Å². The van der Waals surface area contributed by atoms with Crippen molar-refractivity contribution in [2.75, 3.05) is 32.8 Å². The molecule has 2 heterocycles. The highest BCUT2D eigenvalue weighted by molar-refractivity contribution is 5.96. The molecule has 1 amide bonds. The Bertz CT molecular complexity index is 1130. The number of nitrogens with one attached hydrogen (secondary N) is 1. The lowest BCUT2D eigenvalue weighted by molar-refractivity contribution is -0.944. The number of fused-ring (bicyclic) bond motifs is 2. The van der Waals surface area contributed by atoms with E-state index in [2.05, 4.69) is 24.5 Å². The number of hydrogen-bond donors (Lipinski definition) is 1. The molecule has 0 radical (unpaired) electrons. The van der Waals surface area contributed by atoms with E-state index in [9.17, 15) is 4.79 Å². The van der Waals surface area contributed by atoms with Crippen molar-refractivity contribution in [1.29, 1.82) is 0 Å². The molecule has 6 heteroatoms. The minimum atomic E-state index is -0.469. The second kappa shape index (κ2) is 8.20. The Balaban J connectivity index is 1.62. The quantitative estimate of drug-likeness (QED) is 0.612. The van der Waals surface area contributed by atoms with Crippen LogP contribution in [-0.4, -0.2) is 37.9 Å². The molecule has 32 heavy (non-hydrogen) atoms. The molecule has 0 aliphatic carbocycles. The Morgan fingerprint density at radius 2 is 1.81 bits per heavy atom. The van der Waals surface area contributed by atoms with Crippen molar-refractivity contribution in [2.45, 2.75) is 19.0 Å². The summed E-state index contributed by atoms with van der Waals surface area (Å²) >= 11 is 0. The van der Waals surface area contributed by atoms with Crippen molar-refractivity contribution in [2.24, 2.45) is 0 Å². The molecule has 2 atom stereocenters. The molecule has 0 saturated carbocycles. The van der Waals surface area contributed by atoms with E-state index in [0.29, 0.717) is 21.7 Å². The standard InChI is InChI=1S/C26H26N2O4/c1-28(16-18-9-5-3-6-10-18)14-13-19-15-21-24(32-17-31-21)25(30-2)22(19)23(28)26(29)27-20-11-7-4-8-12-20/h3-12,15,23H,13-14,16-17H2,1-2H3/p+1. The number of amides is 1. The van der Waals surface area contributed by atoms with Gasteiger partial charge in [0.05, 0.1) is 26.3 Å². The molecule has 0 saturated heterocycles. The summed E-state index contributed by atoms with van der Waals surface area (Å²) in [5.74, 6) is 1.80. The third-order valence-corrected chi connectivity index (χ3v) is 6.41. The van der Waals surface area contributed by atoms with Crippen LogP contribution in [-0.2, 0) is 17.8 Å². The lowest BCUT2D eigenvalue weighted by atomic mass is 9.87. The first-order valence-corrected chi connectivity index (χ1v) is 10.8. The molecule has 0 bridgehead atoms. The van der Waals surface area contributed by atoms with Crippen molar-refractivity contribution in [1.82, 2.24) is 0 Å². The van der Waals surface area contributed by atoms with Gasteiger partial charge in [-0.05, 0) is 23.8 Å². The number of rotatable bonds is 5. The van der Waals surface area contributed by atoms with Crippen LogP contribution in [0.4, 0.5) is 5.69 Å². The number of para-hydroxylation sites is 1. The van der Waals surface area contributed by atoms with Crippen molar-refractivity contribution >= 4 is 11.6 Å². The summed E-state index contributed by atoms with van der Waals surface area (Å²) in [7, 11) is 3.77. The predicted octanol–water partition coefficient (Wildman–Crippen LogP) is 4.31. The zero-order chi connectivity index (χ0) is 22.1. The minimum absolute atomic E-state index is 0.0623. The highest BCUT2D eigenvalue weighted by Gasteiger charge is 2.47. The molecular weight excluding hydrogens is 404 g/mol. The van der Waals surface area contributed by atoms with E-state index in [1.807, 2.05) is 54.6 Å². The van der Waals surface area contributed by atoms with Gasteiger partial charge in [0.25, 0.3) is 5.91 Å². The van der Waals surface area contributed by atoms with E-state index < -0.39 is 6.04 Å². The van der Waals surface area contributed by atoms with Crippen molar-refractivity contribution in [3.8, 4) is 17.2 Å². The number of quaternary nitrogens is 1. The maximum Gasteiger partial charge on any atom is 0.287 e. The summed E-state index contributed by atoms with van der Waals surface area (Å²) in [5, 5.41) is 3.13. The van der Waals surface area contributed by atoms with E-state index in [4.69, 9.17) is 14.2 Å². The number of methoxy groups -OCH3 is 1. The van der Waals surface area contributed by atoms with Crippen LogP contribution < -0.4 is 19.5 Å². The highest BCUT2D eigenvalue weighted by Crippen LogP contribution is 2.51. The fourth-order valence-electron chi connectivity index (χ4n) is 4.92. The maximum atomic E-state index is 13.9. The van der Waals surface area contributed by atoms with Crippen molar-refractivity contribution < 1.29 is 23.5 Å². The zero-order valence-electron chi connectivity index (χ0n) is 18.3. The van der Waals surface area contributed by atoms with E-state index in [-0.39, 0.29) is 12.7 Å². The van der Waals surface area contributed by atoms with Crippen LogP contribution in [0.15, 0.2) is 66.7 Å². The minimum Gasteiger partial charge on any atom is -0.492 e. The number of carbonyl (C=O) groups excluding carboxylic acids is 1. The molecular formula is C26H27N2O4+. The molecule has 2 aliphatic heterocycles. The van der Waals surface area contributed by atoms with Gasteiger partial charge in [0.2, 0.25) is 12.5 Å². The second-order valence-electron chi connectivity index (χ2n) is 8.57. The molecule has 1 N–H and O–H groups in total. The summed E-state index contributed by atoms with van der Waals surface area (Å²) in [6.07, 6.45) is 0.820. The third kappa shape index (κ3) is 3.56. The predicted molar refractivity (Wildman–Crippen MR) is 122 cm³/mol. The average Bonchev–Trinajstić information content (AvgIpc) is 3.27. The van der Waals surface area contributed by atoms with Crippen LogP contribution in [0.1, 0.15) is 22.7 Å². The number of carbonyl (C=O) groups is 1. The van der Waals surface area contributed by atoms with Crippen LogP contribution in [0.25, 0.3) is 0 Å². The fourth-order valence-corrected chi connectivity index (χ4v) is 4.92. The van der Waals surface area contributed by atoms with Crippen LogP contribution in [0.2, 0.25) is 0 Å². The van der Waals surface area contributed by atoms with Crippen LogP contribution in [0.5, 0.6) is 17.2 Å². The molecule has 164 valence electrons. The summed E-state index contributed by atoms with van der Waals surface area (Å²) in [6, 6.07) is 21.4. The first kappa shape index (κ1) is 20.4. The Morgan fingerprint density at radius 3 is 2.53 bits per heavy atom. The lowest BCUT2D eigenvalue weighted by Gasteiger charge is -2.45. The van der Waals surface area contributed by atoms with Gasteiger partial charge in [-0.25, -0.2) is 0 Å². The van der Waals surface area contributed by atoms with Gasteiger partial charge in [-0.3, -0.25) is 4.79 Å². The Hall–Kier alpha value is -3.51. The Labute approximate surface area is 187 Å². The van der Waals surface area contributed by atoms with Crippen molar-refractivity contribution in [3.05, 3.63) is 83.4 Å². The van der Waals surface area contributed by atoms with Gasteiger partial charge in [0.15, 0.2) is 17.5 Å². The van der Waals surface area contributed by atoms with E-state index in [1.165, 1.54) is 5.56 Å². The third-order valence-electron chi connectivity index (χ3n) is 6.41. The van der Waals surface area contributed by atoms with Crippen LogP contribution in [0.3, 0.4) is 0 Å². The maximum absolute atomic E-state index is 13.9. The number of nitrogens with zero attached hydrogens (tertiary/aromatic N) is 1. The van der Waals surface area contributed by atoms with E-state index in [1.54, 1.807) is 7.11 Å². The Morgan fingerprint density at radius 1 is 1.09 bits per heavy atom. The fraction of sp³-hybridized carbons (Fsp3) is 0.269. The molecule has 0 aromatic heterocycles. The monoisotopic (exact) mass is 431 g/mol. The van der Waals surface area contributed by atoms with Crippen LogP contribution in [0, 0.1) is 0 Å². The number of hydrogen-bond acceptors (Lipinski definition) is 4. The zero-order valence-corrected chi connectivity index (χ0v) is 18.3. The molecule has 3 aromatic carbocycles. The first-order valence-electron chi connectivity index (χ1n) is 10.8. The molecule has 0 fully saturated rings. The average molecular weight is 432 g/mol. The Kier molecular flexibility index (Phi) is 5.23. The SMILES string of the molecule is COc1c2c(cc3c1C(C(=O)Nc1ccccc1)[N+](C)(Cc1ccccc1)CC3)OCO2. The summed E-state index contributed by atoms with van der Waals surface area (Å²) in [5.41, 5.74) is 3.92. The molecule has 2 unspecified atom stereocenters. The highest BCUT2D eigenvalue weighted by atomic mass is 16.7. The summed E-state index contributed by atoms with van der Waals surface area (Å²) in [4.78, 5) is 13.9. The summed E-state index contributed by atoms with van der Waals surface area (Å²) < 4.78 is 17.7. The number of benzene rings is 3. The molecule has 6 nitrogen and oxygen atoms in total. The largest absolute Gasteiger partial charge is 0.492 e.